The molecule has 1 aromatic carbocycles. The van der Waals surface area contributed by atoms with Gasteiger partial charge < -0.3 is 14.7 Å². The number of piperidine rings is 1. The highest BCUT2D eigenvalue weighted by Gasteiger charge is 2.42. The van der Waals surface area contributed by atoms with Crippen LogP contribution in [0.25, 0.3) is 0 Å². The lowest BCUT2D eigenvalue weighted by Gasteiger charge is -2.37. The number of carbonyl (C=O) groups excluding carboxylic acids is 2. The third-order valence-corrected chi connectivity index (χ3v) is 9.04. The van der Waals surface area contributed by atoms with E-state index in [-0.39, 0.29) is 11.8 Å². The van der Waals surface area contributed by atoms with Gasteiger partial charge >= 0.3 is 0 Å². The fourth-order valence-corrected chi connectivity index (χ4v) is 6.97. The molecule has 198 valence electrons. The molecule has 2 aromatic rings. The number of aromatic nitrogens is 2. The summed E-state index contributed by atoms with van der Waals surface area (Å²) in [5.74, 6) is 2.63. The lowest BCUT2D eigenvalue weighted by Crippen LogP contribution is -2.40. The Kier molecular flexibility index (Phi) is 7.89. The molecule has 0 bridgehead atoms. The molecule has 7 nitrogen and oxygen atoms in total. The summed E-state index contributed by atoms with van der Waals surface area (Å²) in [5, 5.41) is 0. The summed E-state index contributed by atoms with van der Waals surface area (Å²) in [7, 11) is 0. The zero-order chi connectivity index (χ0) is 25.9. The highest BCUT2D eigenvalue weighted by Crippen LogP contribution is 2.37. The predicted octanol–water partition coefficient (Wildman–Crippen LogP) is 3.92. The fourth-order valence-electron chi connectivity index (χ4n) is 6.97. The lowest BCUT2D eigenvalue weighted by molar-refractivity contribution is -0.132. The first-order valence-corrected chi connectivity index (χ1v) is 14.1. The maximum Gasteiger partial charge on any atom is 0.257 e. The van der Waals surface area contributed by atoms with E-state index in [1.807, 2.05) is 25.7 Å². The average Bonchev–Trinajstić information content (AvgIpc) is 3.48. The Morgan fingerprint density at radius 2 is 1.54 bits per heavy atom. The molecular formula is C30H41N5O2. The van der Waals surface area contributed by atoms with E-state index in [1.165, 1.54) is 11.9 Å². The molecule has 2 amide bonds. The van der Waals surface area contributed by atoms with E-state index < -0.39 is 0 Å². The second-order valence-corrected chi connectivity index (χ2v) is 11.3. The molecule has 0 saturated carbocycles. The van der Waals surface area contributed by atoms with Gasteiger partial charge in [-0.2, -0.15) is 0 Å². The SMILES string of the molecule is CCC(=O)N1CCC(C(CCN2CC3CN(C(=O)c4c(C)ncnc4C)CC3C2)c2ccccc2)CC1. The number of likely N-dealkylation sites (tertiary alicyclic amines) is 3. The molecule has 7 heteroatoms. The molecule has 0 aliphatic carbocycles. The van der Waals surface area contributed by atoms with Crippen molar-refractivity contribution in [2.24, 2.45) is 17.8 Å². The summed E-state index contributed by atoms with van der Waals surface area (Å²) >= 11 is 0. The number of hydrogen-bond donors (Lipinski definition) is 0. The third-order valence-electron chi connectivity index (χ3n) is 9.04. The zero-order valence-corrected chi connectivity index (χ0v) is 22.6. The smallest absolute Gasteiger partial charge is 0.257 e. The van der Waals surface area contributed by atoms with E-state index in [0.29, 0.717) is 35.7 Å². The second kappa shape index (κ2) is 11.3. The molecule has 3 aliphatic rings. The minimum atomic E-state index is 0.0913. The Labute approximate surface area is 221 Å². The standard InChI is InChI=1S/C30H41N5O2/c1-4-28(36)34-14-10-24(11-15-34)27(23-8-6-5-7-9-23)12-13-33-16-25-18-35(19-26(25)17-33)30(37)29-21(2)31-20-32-22(29)3/h5-9,20,24-27H,4,10-19H2,1-3H3. The Hall–Kier alpha value is -2.80. The molecule has 3 unspecified atom stereocenters. The summed E-state index contributed by atoms with van der Waals surface area (Å²) in [6.07, 6.45) is 5.48. The van der Waals surface area contributed by atoms with Crippen LogP contribution in [0.4, 0.5) is 0 Å². The highest BCUT2D eigenvalue weighted by molar-refractivity contribution is 5.96. The molecule has 5 rings (SSSR count). The minimum absolute atomic E-state index is 0.0913. The van der Waals surface area contributed by atoms with Gasteiger partial charge in [-0.15, -0.1) is 0 Å². The Balaban J connectivity index is 1.17. The fraction of sp³-hybridized carbons (Fsp3) is 0.600. The first-order valence-electron chi connectivity index (χ1n) is 14.1. The van der Waals surface area contributed by atoms with Gasteiger partial charge in [-0.05, 0) is 68.9 Å². The zero-order valence-electron chi connectivity index (χ0n) is 22.6. The highest BCUT2D eigenvalue weighted by atomic mass is 16.2. The molecule has 37 heavy (non-hydrogen) atoms. The van der Waals surface area contributed by atoms with Crippen molar-refractivity contribution in [3.63, 3.8) is 0 Å². The number of nitrogens with zero attached hydrogens (tertiary/aromatic N) is 5. The van der Waals surface area contributed by atoms with Crippen molar-refractivity contribution in [2.75, 3.05) is 45.8 Å². The quantitative estimate of drug-likeness (QED) is 0.573. The van der Waals surface area contributed by atoms with Crippen molar-refractivity contribution >= 4 is 11.8 Å². The van der Waals surface area contributed by atoms with Gasteiger partial charge in [0.1, 0.15) is 6.33 Å². The lowest BCUT2D eigenvalue weighted by atomic mass is 9.78. The maximum absolute atomic E-state index is 13.2. The van der Waals surface area contributed by atoms with Gasteiger partial charge in [-0.25, -0.2) is 9.97 Å². The van der Waals surface area contributed by atoms with Crippen molar-refractivity contribution in [2.45, 2.75) is 52.4 Å². The van der Waals surface area contributed by atoms with Crippen LogP contribution in [0.1, 0.15) is 65.8 Å². The van der Waals surface area contributed by atoms with Crippen molar-refractivity contribution in [1.29, 1.82) is 0 Å². The summed E-state index contributed by atoms with van der Waals surface area (Å²) in [5.41, 5.74) is 3.66. The molecule has 0 radical (unpaired) electrons. The summed E-state index contributed by atoms with van der Waals surface area (Å²) in [6, 6.07) is 11.0. The maximum atomic E-state index is 13.2. The van der Waals surface area contributed by atoms with Crippen LogP contribution >= 0.6 is 0 Å². The Bertz CT molecular complexity index is 1060. The van der Waals surface area contributed by atoms with Gasteiger partial charge in [-0.3, -0.25) is 9.59 Å². The molecule has 0 N–H and O–H groups in total. The summed E-state index contributed by atoms with van der Waals surface area (Å²) < 4.78 is 0. The number of hydrogen-bond acceptors (Lipinski definition) is 5. The normalized spacial score (nSPS) is 23.3. The number of amides is 2. The van der Waals surface area contributed by atoms with Crippen molar-refractivity contribution in [1.82, 2.24) is 24.7 Å². The molecular weight excluding hydrogens is 462 g/mol. The van der Waals surface area contributed by atoms with Gasteiger partial charge in [-0.1, -0.05) is 37.3 Å². The van der Waals surface area contributed by atoms with E-state index in [2.05, 4.69) is 50.1 Å². The summed E-state index contributed by atoms with van der Waals surface area (Å²) in [4.78, 5) is 40.6. The minimum Gasteiger partial charge on any atom is -0.343 e. The molecule has 0 spiro atoms. The first-order chi connectivity index (χ1) is 17.9. The molecule has 3 saturated heterocycles. The number of rotatable bonds is 7. The van der Waals surface area contributed by atoms with Crippen LogP contribution in [0.15, 0.2) is 36.7 Å². The van der Waals surface area contributed by atoms with E-state index >= 15 is 0 Å². The molecule has 4 heterocycles. The van der Waals surface area contributed by atoms with Crippen molar-refractivity contribution < 1.29 is 9.59 Å². The van der Waals surface area contributed by atoms with Gasteiger partial charge in [0.25, 0.3) is 5.91 Å². The van der Waals surface area contributed by atoms with E-state index in [1.54, 1.807) is 0 Å². The largest absolute Gasteiger partial charge is 0.343 e. The number of aryl methyl sites for hydroxylation is 2. The third kappa shape index (κ3) is 5.57. The predicted molar refractivity (Wildman–Crippen MR) is 144 cm³/mol. The van der Waals surface area contributed by atoms with Gasteiger partial charge in [0.2, 0.25) is 5.91 Å². The van der Waals surface area contributed by atoms with Crippen LogP contribution in [-0.4, -0.2) is 82.3 Å². The molecule has 1 aromatic heterocycles. The monoisotopic (exact) mass is 503 g/mol. The second-order valence-electron chi connectivity index (χ2n) is 11.3. The topological polar surface area (TPSA) is 69.6 Å². The molecule has 3 aliphatic heterocycles. The summed E-state index contributed by atoms with van der Waals surface area (Å²) in [6.45, 7) is 12.4. The number of carbonyl (C=O) groups is 2. The van der Waals surface area contributed by atoms with Crippen LogP contribution in [-0.2, 0) is 4.79 Å². The van der Waals surface area contributed by atoms with Crippen molar-refractivity contribution in [3.05, 3.63) is 59.2 Å². The van der Waals surface area contributed by atoms with Crippen LogP contribution in [0, 0.1) is 31.6 Å². The molecule has 3 atom stereocenters. The van der Waals surface area contributed by atoms with E-state index in [0.717, 1.165) is 76.5 Å². The van der Waals surface area contributed by atoms with Crippen LogP contribution < -0.4 is 0 Å². The molecule has 3 fully saturated rings. The van der Waals surface area contributed by atoms with Crippen molar-refractivity contribution in [3.8, 4) is 0 Å². The van der Waals surface area contributed by atoms with Crippen LogP contribution in [0.2, 0.25) is 0 Å². The average molecular weight is 504 g/mol. The van der Waals surface area contributed by atoms with E-state index in [9.17, 15) is 9.59 Å². The Morgan fingerprint density at radius 3 is 2.14 bits per heavy atom. The van der Waals surface area contributed by atoms with E-state index in [4.69, 9.17) is 0 Å². The first kappa shape index (κ1) is 25.8. The number of benzene rings is 1. The van der Waals surface area contributed by atoms with Gasteiger partial charge in [0, 0.05) is 45.7 Å². The Morgan fingerprint density at radius 1 is 0.919 bits per heavy atom. The van der Waals surface area contributed by atoms with Crippen LogP contribution in [0.3, 0.4) is 0 Å². The number of fused-ring (bicyclic) bond motifs is 1. The van der Waals surface area contributed by atoms with Gasteiger partial charge in [0.15, 0.2) is 0 Å². The van der Waals surface area contributed by atoms with Gasteiger partial charge in [0.05, 0.1) is 17.0 Å². The van der Waals surface area contributed by atoms with Crippen LogP contribution in [0.5, 0.6) is 0 Å².